The minimum Gasteiger partial charge on any atom is -0.396 e. The molecule has 1 fully saturated rings. The molecule has 1 N–H and O–H groups in total. The second kappa shape index (κ2) is 8.84. The Morgan fingerprint density at radius 1 is 1.53 bits per heavy atom. The molecule has 0 aliphatic carbocycles. The summed E-state index contributed by atoms with van der Waals surface area (Å²) in [6.07, 6.45) is 6.61. The van der Waals surface area contributed by atoms with E-state index in [1.807, 2.05) is 26.1 Å². The third-order valence-corrected chi connectivity index (χ3v) is 6.01. The van der Waals surface area contributed by atoms with Crippen LogP contribution in [0.2, 0.25) is 0 Å². The molecule has 3 rings (SSSR count). The molecule has 1 saturated heterocycles. The fourth-order valence-corrected chi connectivity index (χ4v) is 4.24. The quantitative estimate of drug-likeness (QED) is 0.691. The zero-order valence-corrected chi connectivity index (χ0v) is 18.2. The summed E-state index contributed by atoms with van der Waals surface area (Å²) in [4.78, 5) is 22.2. The maximum atomic E-state index is 11.2. The summed E-state index contributed by atoms with van der Waals surface area (Å²) in [5, 5.41) is 13.2. The topological polar surface area (TPSA) is 107 Å². The van der Waals surface area contributed by atoms with Gasteiger partial charge in [0.1, 0.15) is 5.76 Å². The molecule has 3 heterocycles. The lowest BCUT2D eigenvalue weighted by Gasteiger charge is -2.33. The number of nitrogens with zero attached hydrogens (tertiary/aromatic N) is 4. The summed E-state index contributed by atoms with van der Waals surface area (Å²) in [6, 6.07) is 2.62. The van der Waals surface area contributed by atoms with E-state index in [-0.39, 0.29) is 6.04 Å². The molecule has 160 valence electrons. The van der Waals surface area contributed by atoms with Crippen LogP contribution in [0.1, 0.15) is 38.7 Å². The van der Waals surface area contributed by atoms with Gasteiger partial charge in [0.05, 0.1) is 18.3 Å². The van der Waals surface area contributed by atoms with E-state index in [2.05, 4.69) is 33.2 Å². The van der Waals surface area contributed by atoms with Gasteiger partial charge in [-0.1, -0.05) is 6.08 Å². The Hall–Kier alpha value is -2.92. The highest BCUT2D eigenvalue weighted by Crippen LogP contribution is 2.39. The number of rotatable bonds is 7. The molecule has 0 bridgehead atoms. The number of aliphatic imine (C=N–C) groups is 2. The summed E-state index contributed by atoms with van der Waals surface area (Å²) >= 11 is 0. The number of allylic oxidation sites excluding steroid dienone is 3. The lowest BCUT2D eigenvalue weighted by atomic mass is 9.93. The van der Waals surface area contributed by atoms with Crippen molar-refractivity contribution in [1.29, 1.82) is 5.26 Å². The first kappa shape index (κ1) is 21.8. The van der Waals surface area contributed by atoms with Crippen LogP contribution in [0.15, 0.2) is 46.5 Å². The summed E-state index contributed by atoms with van der Waals surface area (Å²) < 4.78 is 9.96. The molecule has 1 unspecified atom stereocenters. The molecule has 0 saturated carbocycles. The standard InChI is InChI=1S/C22H29N5O3/c1-6-16(9-24-5)18-11-26-22(4,13-23)20(18)27-8-7-17(14(27)2)10-25-12-19-15(3)29-21(28)30-19/h6,9,11,14,17,25H,7-8,10,12H2,1-5H3/b16-6+,24-9?/t14-,17+,22?/m1/s1. The Bertz CT molecular complexity index is 1010. The minimum absolute atomic E-state index is 0.228. The van der Waals surface area contributed by atoms with Gasteiger partial charge in [-0.05, 0) is 45.6 Å². The highest BCUT2D eigenvalue weighted by Gasteiger charge is 2.43. The zero-order chi connectivity index (χ0) is 21.9. The molecule has 0 spiro atoms. The van der Waals surface area contributed by atoms with Crippen LogP contribution in [0.5, 0.6) is 0 Å². The van der Waals surface area contributed by atoms with Crippen LogP contribution in [0.25, 0.3) is 0 Å². The highest BCUT2D eigenvalue weighted by molar-refractivity contribution is 6.01. The second-order valence-electron chi connectivity index (χ2n) is 7.88. The Kier molecular flexibility index (Phi) is 6.42. The van der Waals surface area contributed by atoms with E-state index >= 15 is 0 Å². The van der Waals surface area contributed by atoms with Gasteiger partial charge in [0, 0.05) is 44.2 Å². The van der Waals surface area contributed by atoms with Crippen molar-refractivity contribution >= 4 is 12.4 Å². The van der Waals surface area contributed by atoms with Crippen molar-refractivity contribution in [2.24, 2.45) is 15.9 Å². The van der Waals surface area contributed by atoms with Crippen LogP contribution in [0, 0.1) is 24.2 Å². The van der Waals surface area contributed by atoms with Crippen molar-refractivity contribution < 1.29 is 8.83 Å². The van der Waals surface area contributed by atoms with Crippen LogP contribution in [-0.2, 0) is 6.54 Å². The van der Waals surface area contributed by atoms with Crippen molar-refractivity contribution in [1.82, 2.24) is 10.2 Å². The average molecular weight is 412 g/mol. The highest BCUT2D eigenvalue weighted by atomic mass is 16.6. The number of hydrogen-bond donors (Lipinski definition) is 1. The SMILES string of the molecule is C/C=C(\C=NC)C1=C(N2CC[C@@H](CNCc3oc(=O)oc3C)[C@H]2C)C(C)(C#N)N=C1. The smallest absolute Gasteiger partial charge is 0.396 e. The molecule has 1 aromatic heterocycles. The van der Waals surface area contributed by atoms with Crippen molar-refractivity contribution in [3.63, 3.8) is 0 Å². The Morgan fingerprint density at radius 2 is 2.30 bits per heavy atom. The fourth-order valence-electron chi connectivity index (χ4n) is 4.24. The Morgan fingerprint density at radius 3 is 2.90 bits per heavy atom. The van der Waals surface area contributed by atoms with Gasteiger partial charge in [-0.3, -0.25) is 9.98 Å². The van der Waals surface area contributed by atoms with Gasteiger partial charge >= 0.3 is 5.82 Å². The van der Waals surface area contributed by atoms with Crippen LogP contribution < -0.4 is 11.1 Å². The first-order valence-corrected chi connectivity index (χ1v) is 10.2. The van der Waals surface area contributed by atoms with E-state index in [0.29, 0.717) is 24.0 Å². The van der Waals surface area contributed by atoms with Crippen molar-refractivity contribution in [3.05, 3.63) is 45.1 Å². The van der Waals surface area contributed by atoms with Gasteiger partial charge in [-0.15, -0.1) is 0 Å². The van der Waals surface area contributed by atoms with Gasteiger partial charge in [-0.25, -0.2) is 4.79 Å². The summed E-state index contributed by atoms with van der Waals surface area (Å²) in [6.45, 7) is 9.81. The molecule has 1 aromatic rings. The molecule has 0 aromatic carbocycles. The first-order chi connectivity index (χ1) is 14.3. The maximum absolute atomic E-state index is 11.2. The number of hydrogen-bond acceptors (Lipinski definition) is 8. The molecular formula is C22H29N5O3. The van der Waals surface area contributed by atoms with Crippen LogP contribution in [0.4, 0.5) is 0 Å². The Labute approximate surface area is 176 Å². The molecule has 2 aliphatic heterocycles. The molecule has 0 radical (unpaired) electrons. The van der Waals surface area contributed by atoms with E-state index in [1.165, 1.54) is 0 Å². The van der Waals surface area contributed by atoms with Gasteiger partial charge in [0.2, 0.25) is 0 Å². The number of nitriles is 1. The van der Waals surface area contributed by atoms with E-state index in [1.54, 1.807) is 20.2 Å². The molecule has 0 amide bonds. The first-order valence-electron chi connectivity index (χ1n) is 10.2. The van der Waals surface area contributed by atoms with Crippen LogP contribution in [0.3, 0.4) is 0 Å². The number of likely N-dealkylation sites (tertiary alicyclic amines) is 1. The maximum Gasteiger partial charge on any atom is 0.519 e. The van der Waals surface area contributed by atoms with E-state index < -0.39 is 11.4 Å². The molecule has 30 heavy (non-hydrogen) atoms. The van der Waals surface area contributed by atoms with Crippen LogP contribution in [-0.4, -0.2) is 49.0 Å². The molecule has 8 nitrogen and oxygen atoms in total. The predicted molar refractivity (Wildman–Crippen MR) is 116 cm³/mol. The van der Waals surface area contributed by atoms with Crippen molar-refractivity contribution in [2.75, 3.05) is 20.1 Å². The summed E-state index contributed by atoms with van der Waals surface area (Å²) in [7, 11) is 1.74. The van der Waals surface area contributed by atoms with Gasteiger partial charge in [0.25, 0.3) is 0 Å². The zero-order valence-electron chi connectivity index (χ0n) is 18.2. The van der Waals surface area contributed by atoms with Gasteiger partial charge < -0.3 is 19.1 Å². The monoisotopic (exact) mass is 411 g/mol. The lowest BCUT2D eigenvalue weighted by molar-refractivity contribution is 0.270. The van der Waals surface area contributed by atoms with Crippen LogP contribution >= 0.6 is 0 Å². The number of nitrogens with one attached hydrogen (secondary N) is 1. The van der Waals surface area contributed by atoms with E-state index in [9.17, 15) is 10.1 Å². The minimum atomic E-state index is -0.904. The molecular weight excluding hydrogens is 382 g/mol. The van der Waals surface area contributed by atoms with E-state index in [4.69, 9.17) is 8.83 Å². The van der Waals surface area contributed by atoms with Crippen molar-refractivity contribution in [2.45, 2.75) is 52.2 Å². The third kappa shape index (κ3) is 4.03. The van der Waals surface area contributed by atoms with Gasteiger partial charge in [0.15, 0.2) is 11.3 Å². The largest absolute Gasteiger partial charge is 0.519 e. The molecule has 3 atom stereocenters. The fraction of sp³-hybridized carbons (Fsp3) is 0.545. The third-order valence-electron chi connectivity index (χ3n) is 6.01. The van der Waals surface area contributed by atoms with Gasteiger partial charge in [-0.2, -0.15) is 5.26 Å². The van der Waals surface area contributed by atoms with E-state index in [0.717, 1.165) is 36.4 Å². The predicted octanol–water partition coefficient (Wildman–Crippen LogP) is 2.61. The summed E-state index contributed by atoms with van der Waals surface area (Å²) in [5.41, 5.74) is 1.97. The summed E-state index contributed by atoms with van der Waals surface area (Å²) in [5.74, 6) is 0.754. The van der Waals surface area contributed by atoms with Crippen molar-refractivity contribution in [3.8, 4) is 6.07 Å². The second-order valence-corrected chi connectivity index (χ2v) is 7.88. The molecule has 2 aliphatic rings. The lowest BCUT2D eigenvalue weighted by Crippen LogP contribution is -2.40. The molecule has 8 heteroatoms. The average Bonchev–Trinajstić information content (AvgIpc) is 3.36. The Balaban J connectivity index is 1.77. The normalized spacial score (nSPS) is 26.9. The number of aryl methyl sites for hydroxylation is 1.